The molecule has 4 nitrogen and oxygen atoms in total. The highest BCUT2D eigenvalue weighted by atomic mass is 32.1. The Hall–Kier alpha value is -1.98. The molecule has 0 spiro atoms. The van der Waals surface area contributed by atoms with Crippen molar-refractivity contribution in [1.82, 2.24) is 20.5 Å². The molecule has 3 rings (SSSR count). The minimum atomic E-state index is 0.810. The molecule has 5 heteroatoms. The van der Waals surface area contributed by atoms with E-state index in [2.05, 4.69) is 38.0 Å². The summed E-state index contributed by atoms with van der Waals surface area (Å²) in [5.74, 6) is 0. The molecule has 0 unspecified atom stereocenters. The van der Waals surface area contributed by atoms with E-state index in [-0.39, 0.29) is 0 Å². The predicted octanol–water partition coefficient (Wildman–Crippen LogP) is 2.87. The minimum Gasteiger partial charge on any atom is -0.312 e. The maximum Gasteiger partial charge on any atom is 0.0794 e. The van der Waals surface area contributed by atoms with E-state index in [4.69, 9.17) is 0 Å². The average Bonchev–Trinajstić information content (AvgIpc) is 3.16. The molecule has 2 heterocycles. The first-order chi connectivity index (χ1) is 9.93. The molecule has 2 N–H and O–H groups in total. The molecule has 0 radical (unpaired) electrons. The highest BCUT2D eigenvalue weighted by molar-refractivity contribution is 7.07. The van der Waals surface area contributed by atoms with Crippen LogP contribution in [0.5, 0.6) is 0 Å². The number of aromatic nitrogens is 3. The Labute approximate surface area is 121 Å². The third-order valence-electron chi connectivity index (χ3n) is 3.14. The van der Waals surface area contributed by atoms with Crippen LogP contribution in [-0.4, -0.2) is 21.7 Å². The van der Waals surface area contributed by atoms with Crippen molar-refractivity contribution in [3.8, 4) is 11.3 Å². The summed E-state index contributed by atoms with van der Waals surface area (Å²) in [6, 6.07) is 10.3. The SMILES string of the molecule is c1ccc(-c2[nH]ncc2CNCCc2cscn2)cc1. The van der Waals surface area contributed by atoms with Gasteiger partial charge >= 0.3 is 0 Å². The molecule has 0 bridgehead atoms. The van der Waals surface area contributed by atoms with Gasteiger partial charge in [0.1, 0.15) is 0 Å². The van der Waals surface area contributed by atoms with Crippen LogP contribution < -0.4 is 5.32 Å². The topological polar surface area (TPSA) is 53.6 Å². The number of rotatable bonds is 6. The van der Waals surface area contributed by atoms with Crippen molar-refractivity contribution < 1.29 is 0 Å². The minimum absolute atomic E-state index is 0.810. The van der Waals surface area contributed by atoms with Gasteiger partial charge in [-0.15, -0.1) is 11.3 Å². The molecule has 0 aliphatic heterocycles. The van der Waals surface area contributed by atoms with Gasteiger partial charge in [-0.2, -0.15) is 5.10 Å². The Morgan fingerprint density at radius 1 is 1.20 bits per heavy atom. The maximum atomic E-state index is 4.28. The van der Waals surface area contributed by atoms with Crippen molar-refractivity contribution in [2.45, 2.75) is 13.0 Å². The van der Waals surface area contributed by atoms with Gasteiger partial charge in [0.15, 0.2) is 0 Å². The number of benzene rings is 1. The van der Waals surface area contributed by atoms with E-state index in [0.29, 0.717) is 0 Å². The van der Waals surface area contributed by atoms with Gasteiger partial charge in [0, 0.05) is 30.5 Å². The quantitative estimate of drug-likeness (QED) is 0.684. The zero-order valence-electron chi connectivity index (χ0n) is 11.0. The first-order valence-corrected chi connectivity index (χ1v) is 7.53. The molecule has 1 aromatic carbocycles. The van der Waals surface area contributed by atoms with Gasteiger partial charge in [0.05, 0.1) is 23.1 Å². The zero-order valence-corrected chi connectivity index (χ0v) is 11.9. The van der Waals surface area contributed by atoms with E-state index in [0.717, 1.165) is 30.9 Å². The van der Waals surface area contributed by atoms with Crippen LogP contribution in [0.1, 0.15) is 11.3 Å². The molecule has 0 saturated heterocycles. The summed E-state index contributed by atoms with van der Waals surface area (Å²) >= 11 is 1.64. The van der Waals surface area contributed by atoms with Crippen LogP contribution in [0.15, 0.2) is 47.4 Å². The van der Waals surface area contributed by atoms with Gasteiger partial charge in [0.2, 0.25) is 0 Å². The standard InChI is InChI=1S/C15H16N4S/c1-2-4-12(5-3-1)15-13(9-18-19-15)8-16-7-6-14-10-20-11-17-14/h1-5,9-11,16H,6-8H2,(H,18,19). The molecule has 0 fully saturated rings. The van der Waals surface area contributed by atoms with Crippen LogP contribution in [0.3, 0.4) is 0 Å². The highest BCUT2D eigenvalue weighted by Crippen LogP contribution is 2.20. The summed E-state index contributed by atoms with van der Waals surface area (Å²) in [6.45, 7) is 1.73. The van der Waals surface area contributed by atoms with Crippen LogP contribution >= 0.6 is 11.3 Å². The Balaban J connectivity index is 1.57. The molecule has 0 aliphatic carbocycles. The molecule has 20 heavy (non-hydrogen) atoms. The molecule has 3 aromatic rings. The van der Waals surface area contributed by atoms with E-state index in [1.807, 2.05) is 29.9 Å². The van der Waals surface area contributed by atoms with Crippen LogP contribution in [0.4, 0.5) is 0 Å². The Morgan fingerprint density at radius 2 is 2.10 bits per heavy atom. The number of H-pyrrole nitrogens is 1. The van der Waals surface area contributed by atoms with E-state index in [1.165, 1.54) is 11.1 Å². The maximum absolute atomic E-state index is 4.28. The van der Waals surface area contributed by atoms with Gasteiger partial charge in [0.25, 0.3) is 0 Å². The molecule has 2 aromatic heterocycles. The van der Waals surface area contributed by atoms with Gasteiger partial charge in [-0.25, -0.2) is 4.98 Å². The number of hydrogen-bond acceptors (Lipinski definition) is 4. The highest BCUT2D eigenvalue weighted by Gasteiger charge is 2.06. The van der Waals surface area contributed by atoms with Crippen LogP contribution in [0.25, 0.3) is 11.3 Å². The monoisotopic (exact) mass is 284 g/mol. The van der Waals surface area contributed by atoms with E-state index >= 15 is 0 Å². The van der Waals surface area contributed by atoms with Gasteiger partial charge in [-0.05, 0) is 5.56 Å². The lowest BCUT2D eigenvalue weighted by atomic mass is 10.1. The van der Waals surface area contributed by atoms with Gasteiger partial charge in [-0.3, -0.25) is 5.10 Å². The number of aromatic amines is 1. The summed E-state index contributed by atoms with van der Waals surface area (Å²) in [7, 11) is 0. The Bertz CT molecular complexity index is 631. The van der Waals surface area contributed by atoms with Crippen LogP contribution in [0.2, 0.25) is 0 Å². The second-order valence-electron chi connectivity index (χ2n) is 4.54. The van der Waals surface area contributed by atoms with Gasteiger partial charge < -0.3 is 5.32 Å². The van der Waals surface area contributed by atoms with Crippen molar-refractivity contribution in [2.75, 3.05) is 6.54 Å². The van der Waals surface area contributed by atoms with Crippen molar-refractivity contribution in [1.29, 1.82) is 0 Å². The molecular weight excluding hydrogens is 268 g/mol. The van der Waals surface area contributed by atoms with Crippen molar-refractivity contribution in [3.63, 3.8) is 0 Å². The fourth-order valence-corrected chi connectivity index (χ4v) is 2.69. The summed E-state index contributed by atoms with van der Waals surface area (Å²) in [5, 5.41) is 12.8. The first kappa shape index (κ1) is 13.0. The molecule has 0 atom stereocenters. The number of thiazole rings is 1. The second-order valence-corrected chi connectivity index (χ2v) is 5.26. The normalized spacial score (nSPS) is 10.8. The lowest BCUT2D eigenvalue weighted by Gasteiger charge is -2.05. The molecule has 102 valence electrons. The van der Waals surface area contributed by atoms with E-state index < -0.39 is 0 Å². The summed E-state index contributed by atoms with van der Waals surface area (Å²) in [5.41, 5.74) is 6.47. The van der Waals surface area contributed by atoms with Crippen molar-refractivity contribution in [3.05, 3.63) is 58.7 Å². The number of nitrogens with zero attached hydrogens (tertiary/aromatic N) is 2. The third kappa shape index (κ3) is 3.12. The average molecular weight is 284 g/mol. The molecular formula is C15H16N4S. The third-order valence-corrected chi connectivity index (χ3v) is 3.77. The van der Waals surface area contributed by atoms with Gasteiger partial charge in [-0.1, -0.05) is 30.3 Å². The summed E-state index contributed by atoms with van der Waals surface area (Å²) < 4.78 is 0. The van der Waals surface area contributed by atoms with Crippen molar-refractivity contribution >= 4 is 11.3 Å². The molecule has 0 amide bonds. The Kier molecular flexibility index (Phi) is 4.20. The van der Waals surface area contributed by atoms with Crippen molar-refractivity contribution in [2.24, 2.45) is 0 Å². The fraction of sp³-hybridized carbons (Fsp3) is 0.200. The van der Waals surface area contributed by atoms with E-state index in [9.17, 15) is 0 Å². The smallest absolute Gasteiger partial charge is 0.0794 e. The fourth-order valence-electron chi connectivity index (χ4n) is 2.10. The first-order valence-electron chi connectivity index (χ1n) is 6.59. The Morgan fingerprint density at radius 3 is 2.90 bits per heavy atom. The summed E-state index contributed by atoms with van der Waals surface area (Å²) in [4.78, 5) is 4.28. The summed E-state index contributed by atoms with van der Waals surface area (Å²) in [6.07, 6.45) is 2.85. The molecule has 0 aliphatic rings. The van der Waals surface area contributed by atoms with Crippen LogP contribution in [0, 0.1) is 0 Å². The lowest BCUT2D eigenvalue weighted by Crippen LogP contribution is -2.16. The van der Waals surface area contributed by atoms with E-state index in [1.54, 1.807) is 11.3 Å². The second kappa shape index (κ2) is 6.45. The molecule has 0 saturated carbocycles. The number of nitrogens with one attached hydrogen (secondary N) is 2. The zero-order chi connectivity index (χ0) is 13.6. The van der Waals surface area contributed by atoms with Crippen LogP contribution in [-0.2, 0) is 13.0 Å². The predicted molar refractivity (Wildman–Crippen MR) is 81.5 cm³/mol. The number of hydrogen-bond donors (Lipinski definition) is 2. The largest absolute Gasteiger partial charge is 0.312 e. The lowest BCUT2D eigenvalue weighted by molar-refractivity contribution is 0.682.